The fourth-order valence-corrected chi connectivity index (χ4v) is 3.45. The van der Waals surface area contributed by atoms with Crippen molar-refractivity contribution < 1.29 is 14.7 Å². The lowest BCUT2D eigenvalue weighted by atomic mass is 10.2. The fourth-order valence-electron chi connectivity index (χ4n) is 2.20. The molecule has 1 N–H and O–H groups in total. The number of amides is 2. The molecule has 2 amide bonds. The van der Waals surface area contributed by atoms with E-state index in [1.54, 1.807) is 30.3 Å². The number of halogens is 1. The second-order valence-electron chi connectivity index (χ2n) is 4.95. The average Bonchev–Trinajstić information content (AvgIpc) is 2.77. The van der Waals surface area contributed by atoms with Crippen LogP contribution in [0.3, 0.4) is 0 Å². The molecule has 23 heavy (non-hydrogen) atoms. The zero-order chi connectivity index (χ0) is 16.4. The summed E-state index contributed by atoms with van der Waals surface area (Å²) in [7, 11) is 0. The topological polar surface area (TPSA) is 57.6 Å². The predicted molar refractivity (Wildman–Crippen MR) is 93.8 cm³/mol. The van der Waals surface area contributed by atoms with Crippen LogP contribution < -0.4 is 0 Å². The van der Waals surface area contributed by atoms with Gasteiger partial charge in [-0.05, 0) is 47.2 Å². The van der Waals surface area contributed by atoms with E-state index in [0.717, 1.165) is 21.8 Å². The third-order valence-corrected chi connectivity index (χ3v) is 5.01. The van der Waals surface area contributed by atoms with E-state index < -0.39 is 0 Å². The quantitative estimate of drug-likeness (QED) is 0.790. The highest BCUT2D eigenvalue weighted by Crippen LogP contribution is 2.34. The van der Waals surface area contributed by atoms with Crippen LogP contribution in [-0.2, 0) is 11.3 Å². The fraction of sp³-hybridized carbons (Fsp3) is 0.0588. The van der Waals surface area contributed by atoms with E-state index in [1.807, 2.05) is 24.3 Å². The van der Waals surface area contributed by atoms with E-state index in [4.69, 9.17) is 0 Å². The summed E-state index contributed by atoms with van der Waals surface area (Å²) < 4.78 is 0.857. The van der Waals surface area contributed by atoms with Crippen LogP contribution in [0.15, 0.2) is 57.9 Å². The van der Waals surface area contributed by atoms with Gasteiger partial charge in [0, 0.05) is 4.47 Å². The molecule has 0 aliphatic carbocycles. The summed E-state index contributed by atoms with van der Waals surface area (Å²) in [4.78, 5) is 26.2. The maximum absolute atomic E-state index is 12.5. The van der Waals surface area contributed by atoms with Gasteiger partial charge in [0.05, 0.1) is 11.4 Å². The molecule has 1 fully saturated rings. The van der Waals surface area contributed by atoms with Gasteiger partial charge in [-0.25, -0.2) is 0 Å². The Bertz CT molecular complexity index is 819. The Labute approximate surface area is 145 Å². The van der Waals surface area contributed by atoms with Crippen molar-refractivity contribution in [1.82, 2.24) is 4.90 Å². The summed E-state index contributed by atoms with van der Waals surface area (Å²) in [6, 6.07) is 14.0. The molecule has 4 nitrogen and oxygen atoms in total. The summed E-state index contributed by atoms with van der Waals surface area (Å²) in [5.74, 6) is -0.203. The summed E-state index contributed by atoms with van der Waals surface area (Å²) >= 11 is 4.33. The van der Waals surface area contributed by atoms with Gasteiger partial charge in [0.2, 0.25) is 0 Å². The van der Waals surface area contributed by atoms with Crippen molar-refractivity contribution in [2.45, 2.75) is 6.54 Å². The molecule has 1 aliphatic rings. The van der Waals surface area contributed by atoms with Gasteiger partial charge >= 0.3 is 0 Å². The average molecular weight is 390 g/mol. The molecule has 2 aromatic carbocycles. The van der Waals surface area contributed by atoms with Crippen molar-refractivity contribution in [3.63, 3.8) is 0 Å². The van der Waals surface area contributed by atoms with E-state index in [-0.39, 0.29) is 23.4 Å². The smallest absolute Gasteiger partial charge is 0.293 e. The molecule has 0 saturated carbocycles. The van der Waals surface area contributed by atoms with Crippen molar-refractivity contribution in [1.29, 1.82) is 0 Å². The molecule has 1 heterocycles. The number of hydrogen-bond donors (Lipinski definition) is 1. The largest absolute Gasteiger partial charge is 0.508 e. The lowest BCUT2D eigenvalue weighted by molar-refractivity contribution is -0.123. The van der Waals surface area contributed by atoms with Gasteiger partial charge in [-0.2, -0.15) is 0 Å². The summed E-state index contributed by atoms with van der Waals surface area (Å²) in [5, 5.41) is 9.18. The van der Waals surface area contributed by atoms with Gasteiger partial charge in [-0.3, -0.25) is 14.5 Å². The number of imide groups is 1. The van der Waals surface area contributed by atoms with Crippen molar-refractivity contribution in [3.05, 3.63) is 69.0 Å². The molecule has 3 rings (SSSR count). The molecule has 116 valence electrons. The summed E-state index contributed by atoms with van der Waals surface area (Å²) in [6.45, 7) is 0.226. The van der Waals surface area contributed by atoms with Gasteiger partial charge in [-0.15, -0.1) is 0 Å². The van der Waals surface area contributed by atoms with Gasteiger partial charge in [0.15, 0.2) is 0 Å². The lowest BCUT2D eigenvalue weighted by Crippen LogP contribution is -2.27. The van der Waals surface area contributed by atoms with Gasteiger partial charge < -0.3 is 5.11 Å². The van der Waals surface area contributed by atoms with E-state index in [9.17, 15) is 14.7 Å². The lowest BCUT2D eigenvalue weighted by Gasteiger charge is -2.13. The molecule has 0 bridgehead atoms. The molecule has 0 unspecified atom stereocenters. The molecule has 6 heteroatoms. The maximum atomic E-state index is 12.5. The zero-order valence-electron chi connectivity index (χ0n) is 11.9. The monoisotopic (exact) mass is 389 g/mol. The minimum absolute atomic E-state index is 0.117. The van der Waals surface area contributed by atoms with E-state index in [0.29, 0.717) is 10.5 Å². The Kier molecular flexibility index (Phi) is 4.54. The molecule has 0 aromatic heterocycles. The first-order valence-electron chi connectivity index (χ1n) is 6.82. The normalized spacial score (nSPS) is 16.4. The first-order valence-corrected chi connectivity index (χ1v) is 8.43. The molecule has 0 spiro atoms. The Morgan fingerprint density at radius 1 is 1.13 bits per heavy atom. The number of thioether (sulfide) groups is 1. The predicted octanol–water partition coefficient (Wildman–Crippen LogP) is 4.39. The zero-order valence-corrected chi connectivity index (χ0v) is 14.3. The van der Waals surface area contributed by atoms with Crippen LogP contribution in [0.5, 0.6) is 5.75 Å². The maximum Gasteiger partial charge on any atom is 0.293 e. The van der Waals surface area contributed by atoms with Crippen LogP contribution in [-0.4, -0.2) is 21.2 Å². The van der Waals surface area contributed by atoms with Crippen molar-refractivity contribution in [2.24, 2.45) is 0 Å². The second kappa shape index (κ2) is 6.60. The minimum Gasteiger partial charge on any atom is -0.508 e. The van der Waals surface area contributed by atoms with Crippen LogP contribution in [0.2, 0.25) is 0 Å². The Hall–Kier alpha value is -2.05. The number of aromatic hydroxyl groups is 1. The van der Waals surface area contributed by atoms with Crippen LogP contribution >= 0.6 is 27.7 Å². The van der Waals surface area contributed by atoms with Crippen LogP contribution in [0.4, 0.5) is 4.79 Å². The first-order chi connectivity index (χ1) is 11.0. The summed E-state index contributed by atoms with van der Waals surface area (Å²) in [5.41, 5.74) is 1.55. The highest BCUT2D eigenvalue weighted by molar-refractivity contribution is 9.10. The second-order valence-corrected chi connectivity index (χ2v) is 6.80. The van der Waals surface area contributed by atoms with Crippen molar-refractivity contribution >= 4 is 44.9 Å². The van der Waals surface area contributed by atoms with Crippen molar-refractivity contribution in [3.8, 4) is 5.75 Å². The Balaban J connectivity index is 1.84. The third-order valence-electron chi connectivity index (χ3n) is 3.33. The van der Waals surface area contributed by atoms with Crippen LogP contribution in [0.1, 0.15) is 11.1 Å². The first kappa shape index (κ1) is 15.8. The molecule has 0 radical (unpaired) electrons. The molecule has 1 aliphatic heterocycles. The van der Waals surface area contributed by atoms with E-state index >= 15 is 0 Å². The van der Waals surface area contributed by atoms with Crippen molar-refractivity contribution in [2.75, 3.05) is 0 Å². The molecular weight excluding hydrogens is 378 g/mol. The van der Waals surface area contributed by atoms with Crippen LogP contribution in [0, 0.1) is 0 Å². The van der Waals surface area contributed by atoms with E-state index in [1.165, 1.54) is 4.90 Å². The number of hydrogen-bond acceptors (Lipinski definition) is 4. The van der Waals surface area contributed by atoms with Gasteiger partial charge in [-0.1, -0.05) is 46.3 Å². The highest BCUT2D eigenvalue weighted by Gasteiger charge is 2.35. The Morgan fingerprint density at radius 3 is 2.65 bits per heavy atom. The minimum atomic E-state index is -0.320. The number of phenolic OH excluding ortho intramolecular Hbond substituents is 1. The van der Waals surface area contributed by atoms with Crippen LogP contribution in [0.25, 0.3) is 6.08 Å². The number of carbonyl (C=O) groups is 2. The summed E-state index contributed by atoms with van der Waals surface area (Å²) in [6.07, 6.45) is 1.62. The standard InChI is InChI=1S/C17H12BrNO3S/c18-14-7-2-1-5-12(14)10-19-16(21)15(23-17(19)22)9-11-4-3-6-13(20)8-11/h1-9,20H,10H2/b15-9-. The number of carbonyl (C=O) groups excluding carboxylic acids is 2. The third kappa shape index (κ3) is 3.48. The number of rotatable bonds is 3. The van der Waals surface area contributed by atoms with Gasteiger partial charge in [0.1, 0.15) is 5.75 Å². The Morgan fingerprint density at radius 2 is 1.91 bits per heavy atom. The highest BCUT2D eigenvalue weighted by atomic mass is 79.9. The molecule has 2 aromatic rings. The number of benzene rings is 2. The van der Waals surface area contributed by atoms with E-state index in [2.05, 4.69) is 15.9 Å². The molecule has 1 saturated heterocycles. The molecular formula is C17H12BrNO3S. The van der Waals surface area contributed by atoms with Gasteiger partial charge in [0.25, 0.3) is 11.1 Å². The number of phenols is 1. The number of nitrogens with zero attached hydrogens (tertiary/aromatic N) is 1. The molecule has 0 atom stereocenters. The SMILES string of the molecule is O=C1S/C(=C\c2cccc(O)c2)C(=O)N1Cc1ccccc1Br.